The van der Waals surface area contributed by atoms with Crippen molar-refractivity contribution in [2.75, 3.05) is 10.8 Å². The van der Waals surface area contributed by atoms with Crippen LogP contribution in [0.2, 0.25) is 0 Å². The molecule has 0 spiro atoms. The molecule has 1 aliphatic heterocycles. The van der Waals surface area contributed by atoms with Crippen LogP contribution in [0.5, 0.6) is 0 Å². The van der Waals surface area contributed by atoms with Crippen molar-refractivity contribution in [3.8, 4) is 0 Å². The zero-order chi connectivity index (χ0) is 26.1. The number of thioether (sulfide) groups is 1. The van der Waals surface area contributed by atoms with Gasteiger partial charge in [-0.05, 0) is 129 Å². The third-order valence-corrected chi connectivity index (χ3v) is 13.4. The van der Waals surface area contributed by atoms with Gasteiger partial charge >= 0.3 is 0 Å². The molecule has 4 saturated carbocycles. The number of aliphatic hydroxyl groups is 2. The summed E-state index contributed by atoms with van der Waals surface area (Å²) in [6, 6.07) is 6.40. The number of carbonyl (C=O) groups is 1. The van der Waals surface area contributed by atoms with Gasteiger partial charge in [0.2, 0.25) is 5.91 Å². The van der Waals surface area contributed by atoms with Crippen LogP contribution in [0, 0.1) is 53.3 Å². The lowest BCUT2D eigenvalue weighted by Crippen LogP contribution is -2.58. The highest BCUT2D eigenvalue weighted by Gasteiger charge is 2.63. The molecule has 5 aliphatic rings. The molecule has 10 atom stereocenters. The van der Waals surface area contributed by atoms with E-state index < -0.39 is 0 Å². The molecule has 0 aromatic heterocycles. The second-order valence-corrected chi connectivity index (χ2v) is 15.0. The minimum Gasteiger partial charge on any atom is -0.393 e. The third kappa shape index (κ3) is 4.12. The molecule has 6 rings (SSSR count). The van der Waals surface area contributed by atoms with Crippen LogP contribution < -0.4 is 4.90 Å². The fraction of sp³-hybridized carbons (Fsp3) is 0.781. The Labute approximate surface area is 228 Å². The molecule has 5 heteroatoms. The maximum absolute atomic E-state index is 13.3. The fourth-order valence-electron chi connectivity index (χ4n) is 10.2. The van der Waals surface area contributed by atoms with Crippen LogP contribution in [0.3, 0.4) is 0 Å². The van der Waals surface area contributed by atoms with Gasteiger partial charge in [-0.1, -0.05) is 26.8 Å². The maximum Gasteiger partial charge on any atom is 0.227 e. The van der Waals surface area contributed by atoms with Crippen molar-refractivity contribution in [2.45, 2.75) is 109 Å². The number of nitrogens with zero attached hydrogens (tertiary/aromatic N) is 1. The van der Waals surface area contributed by atoms with E-state index in [-0.39, 0.29) is 28.9 Å². The highest BCUT2D eigenvalue weighted by molar-refractivity contribution is 8.00. The third-order valence-electron chi connectivity index (χ3n) is 12.4. The van der Waals surface area contributed by atoms with Gasteiger partial charge < -0.3 is 15.1 Å². The van der Waals surface area contributed by atoms with Gasteiger partial charge in [-0.15, -0.1) is 11.8 Å². The molecule has 204 valence electrons. The molecular weight excluding hydrogens is 478 g/mol. The van der Waals surface area contributed by atoms with Crippen molar-refractivity contribution in [2.24, 2.45) is 46.3 Å². The number of rotatable bonds is 4. The summed E-state index contributed by atoms with van der Waals surface area (Å²) in [6.07, 6.45) is 10.0. The minimum absolute atomic E-state index is 0.0331. The van der Waals surface area contributed by atoms with Gasteiger partial charge in [-0.2, -0.15) is 0 Å². The number of fused-ring (bicyclic) bond motifs is 6. The van der Waals surface area contributed by atoms with Gasteiger partial charge in [-0.25, -0.2) is 0 Å². The Kier molecular flexibility index (Phi) is 6.76. The summed E-state index contributed by atoms with van der Waals surface area (Å²) in [5, 5.41) is 22.1. The van der Waals surface area contributed by atoms with E-state index in [0.29, 0.717) is 41.9 Å². The van der Waals surface area contributed by atoms with Crippen LogP contribution in [0.1, 0.15) is 90.5 Å². The number of hydrogen-bond acceptors (Lipinski definition) is 4. The van der Waals surface area contributed by atoms with Crippen molar-refractivity contribution >= 4 is 23.4 Å². The normalized spacial score (nSPS) is 43.5. The van der Waals surface area contributed by atoms with E-state index in [9.17, 15) is 15.0 Å². The van der Waals surface area contributed by atoms with E-state index in [1.807, 2.05) is 4.90 Å². The summed E-state index contributed by atoms with van der Waals surface area (Å²) in [5.74, 6) is 4.43. The smallest absolute Gasteiger partial charge is 0.227 e. The van der Waals surface area contributed by atoms with Crippen LogP contribution >= 0.6 is 11.8 Å². The molecule has 0 unspecified atom stereocenters. The lowest BCUT2D eigenvalue weighted by atomic mass is 9.43. The second kappa shape index (κ2) is 9.55. The first-order chi connectivity index (χ1) is 17.6. The Hall–Kier alpha value is -1.04. The first-order valence-electron chi connectivity index (χ1n) is 15.0. The summed E-state index contributed by atoms with van der Waals surface area (Å²) in [5.41, 5.74) is 2.57. The van der Waals surface area contributed by atoms with Crippen molar-refractivity contribution in [1.29, 1.82) is 0 Å². The van der Waals surface area contributed by atoms with Gasteiger partial charge in [-0.3, -0.25) is 4.79 Å². The first-order valence-corrected chi connectivity index (χ1v) is 16.0. The van der Waals surface area contributed by atoms with Crippen molar-refractivity contribution in [1.82, 2.24) is 0 Å². The van der Waals surface area contributed by atoms with Crippen LogP contribution in [0.25, 0.3) is 0 Å². The van der Waals surface area contributed by atoms with Crippen LogP contribution in [-0.4, -0.2) is 34.2 Å². The Morgan fingerprint density at radius 2 is 1.92 bits per heavy atom. The molecule has 1 amide bonds. The lowest BCUT2D eigenvalue weighted by molar-refractivity contribution is -0.174. The summed E-state index contributed by atoms with van der Waals surface area (Å²) in [7, 11) is 0. The molecule has 0 saturated heterocycles. The van der Waals surface area contributed by atoms with Gasteiger partial charge in [0.1, 0.15) is 0 Å². The number of aryl methyl sites for hydroxylation is 1. The number of carbonyl (C=O) groups excluding carboxylic acids is 1. The molecular formula is C32H47NO3S. The molecule has 37 heavy (non-hydrogen) atoms. The van der Waals surface area contributed by atoms with Crippen molar-refractivity contribution < 1.29 is 15.0 Å². The molecule has 1 aromatic carbocycles. The summed E-state index contributed by atoms with van der Waals surface area (Å²) in [6.45, 7) is 9.35. The highest BCUT2D eigenvalue weighted by Crippen LogP contribution is 2.68. The fourth-order valence-corrected chi connectivity index (χ4v) is 11.4. The molecule has 2 N–H and O–H groups in total. The molecule has 4 aliphatic carbocycles. The standard InChI is InChI=1S/C32H47NO3S/c1-19-5-11-27-28(15-19)37-18-33(27)30(36)12-6-20(2)24-9-10-25-23-8-7-21-16-22(34)13-14-31(21,3)26(23)17-29(35)32(24,25)4/h5,11,15,20-26,29,34-35H,6-10,12-14,16-18H2,1-4H3/t20-,21-,22-,23+,24-,25+,26+,29+,31+,32-/m1/s1. The predicted octanol–water partition coefficient (Wildman–Crippen LogP) is 6.80. The van der Waals surface area contributed by atoms with Crippen LogP contribution in [-0.2, 0) is 4.79 Å². The van der Waals surface area contributed by atoms with Gasteiger partial charge in [0.15, 0.2) is 0 Å². The Bertz CT molecular complexity index is 1040. The molecule has 0 bridgehead atoms. The van der Waals surface area contributed by atoms with Gasteiger partial charge in [0.05, 0.1) is 23.8 Å². The predicted molar refractivity (Wildman–Crippen MR) is 150 cm³/mol. The Morgan fingerprint density at radius 1 is 1.11 bits per heavy atom. The SMILES string of the molecule is Cc1ccc2c(c1)SCN2C(=O)CC[C@@H](C)[C@H]1CC[C@H]2[C@@H]3CC[C@@H]4C[C@H](O)CC[C@]4(C)[C@H]3C[C@H](O)[C@]12C. The molecule has 4 fully saturated rings. The topological polar surface area (TPSA) is 60.8 Å². The number of amides is 1. The van der Waals surface area contributed by atoms with E-state index in [2.05, 4.69) is 45.9 Å². The summed E-state index contributed by atoms with van der Waals surface area (Å²) >= 11 is 1.77. The minimum atomic E-state index is -0.253. The molecule has 1 aromatic rings. The highest BCUT2D eigenvalue weighted by atomic mass is 32.2. The van der Waals surface area contributed by atoms with Crippen molar-refractivity contribution in [3.05, 3.63) is 23.8 Å². The van der Waals surface area contributed by atoms with E-state index in [1.54, 1.807) is 11.8 Å². The van der Waals surface area contributed by atoms with E-state index in [4.69, 9.17) is 0 Å². The summed E-state index contributed by atoms with van der Waals surface area (Å²) in [4.78, 5) is 16.5. The number of hydrogen-bond donors (Lipinski definition) is 2. The van der Waals surface area contributed by atoms with Crippen LogP contribution in [0.15, 0.2) is 23.1 Å². The monoisotopic (exact) mass is 525 g/mol. The number of benzene rings is 1. The number of anilines is 1. The van der Waals surface area contributed by atoms with Crippen LogP contribution in [0.4, 0.5) is 5.69 Å². The first kappa shape index (κ1) is 26.2. The largest absolute Gasteiger partial charge is 0.393 e. The Morgan fingerprint density at radius 3 is 2.73 bits per heavy atom. The van der Waals surface area contributed by atoms with E-state index in [0.717, 1.165) is 43.7 Å². The average Bonchev–Trinajstić information content (AvgIpc) is 3.45. The van der Waals surface area contributed by atoms with Gasteiger partial charge in [0.25, 0.3) is 0 Å². The Balaban J connectivity index is 1.13. The van der Waals surface area contributed by atoms with Gasteiger partial charge in [0, 0.05) is 11.3 Å². The molecule has 4 nitrogen and oxygen atoms in total. The molecule has 1 heterocycles. The lowest BCUT2D eigenvalue weighted by Gasteiger charge is -2.62. The molecule has 0 radical (unpaired) electrons. The summed E-state index contributed by atoms with van der Waals surface area (Å²) < 4.78 is 0. The quantitative estimate of drug-likeness (QED) is 0.454. The maximum atomic E-state index is 13.3. The van der Waals surface area contributed by atoms with E-state index in [1.165, 1.54) is 36.1 Å². The zero-order valence-corrected chi connectivity index (χ0v) is 24.1. The van der Waals surface area contributed by atoms with E-state index >= 15 is 0 Å². The zero-order valence-electron chi connectivity index (χ0n) is 23.3. The average molecular weight is 526 g/mol. The van der Waals surface area contributed by atoms with Crippen molar-refractivity contribution in [3.63, 3.8) is 0 Å². The number of aliphatic hydroxyl groups excluding tert-OH is 2. The second-order valence-electron chi connectivity index (χ2n) is 14.0.